The Kier molecular flexibility index (Phi) is 10.8. The molecular weight excluding hydrogens is 626 g/mol. The molecule has 6 rings (SSSR count). The lowest BCUT2D eigenvalue weighted by molar-refractivity contribution is -0.605. The molecule has 1 aliphatic heterocycles. The molecule has 3 atom stereocenters. The average Bonchev–Trinajstić information content (AvgIpc) is 3.56. The molecule has 1 N–H and O–H groups in total. The zero-order valence-electron chi connectivity index (χ0n) is 27.7. The molecule has 12 heteroatoms. The number of carbonyl (C=O) groups excluding carboxylic acids is 2. The van der Waals surface area contributed by atoms with Gasteiger partial charge in [0.05, 0.1) is 37.3 Å². The van der Waals surface area contributed by atoms with Crippen LogP contribution in [0, 0.1) is 5.21 Å². The van der Waals surface area contributed by atoms with Gasteiger partial charge in [-0.1, -0.05) is 73.5 Å². The predicted molar refractivity (Wildman–Crippen MR) is 181 cm³/mol. The molecule has 1 saturated carbocycles. The van der Waals surface area contributed by atoms with Gasteiger partial charge in [0.25, 0.3) is 5.91 Å². The molecule has 4 aromatic rings. The number of carbonyl (C=O) groups is 2. The van der Waals surface area contributed by atoms with Crippen molar-refractivity contribution < 1.29 is 33.6 Å². The zero-order valence-corrected chi connectivity index (χ0v) is 27.7. The minimum atomic E-state index is -1.11. The first-order chi connectivity index (χ1) is 23.9. The van der Waals surface area contributed by atoms with E-state index in [9.17, 15) is 19.9 Å². The van der Waals surface area contributed by atoms with Crippen LogP contribution in [0.15, 0.2) is 91.5 Å². The summed E-state index contributed by atoms with van der Waals surface area (Å²) in [6, 6.07) is 21.6. The summed E-state index contributed by atoms with van der Waals surface area (Å²) >= 11 is 0. The number of ether oxygens (including phenoxy) is 3. The van der Waals surface area contributed by atoms with E-state index in [1.54, 1.807) is 35.4 Å². The van der Waals surface area contributed by atoms with E-state index in [1.165, 1.54) is 12.4 Å². The number of aliphatic hydroxyl groups is 1. The molecule has 258 valence electrons. The SMILES string of the molecule is COC[C@]1(O)CCCC[C@H]1n1cnc(C(=O)N2CCN(C(=O)OCc3ccccc3)C[C@H]2CCOc2ccc[n+]([O-])c2)c1-c1ccccc1. The Hall–Kier alpha value is -4.94. The van der Waals surface area contributed by atoms with Crippen molar-refractivity contribution in [1.29, 1.82) is 0 Å². The smallest absolute Gasteiger partial charge is 0.410 e. The lowest BCUT2D eigenvalue weighted by atomic mass is 9.80. The Bertz CT molecular complexity index is 1700. The number of imidazole rings is 1. The van der Waals surface area contributed by atoms with Crippen molar-refractivity contribution in [3.8, 4) is 17.0 Å². The highest BCUT2D eigenvalue weighted by molar-refractivity contribution is 5.98. The van der Waals surface area contributed by atoms with Crippen molar-refractivity contribution >= 4 is 12.0 Å². The summed E-state index contributed by atoms with van der Waals surface area (Å²) in [5.41, 5.74) is 1.50. The molecule has 49 heavy (non-hydrogen) atoms. The molecule has 0 bridgehead atoms. The van der Waals surface area contributed by atoms with Gasteiger partial charge in [-0.3, -0.25) is 4.79 Å². The maximum atomic E-state index is 14.6. The molecule has 2 amide bonds. The van der Waals surface area contributed by atoms with Crippen LogP contribution in [0.4, 0.5) is 4.79 Å². The maximum absolute atomic E-state index is 14.6. The Morgan fingerprint density at radius 3 is 2.57 bits per heavy atom. The van der Waals surface area contributed by atoms with Gasteiger partial charge in [0.15, 0.2) is 17.6 Å². The highest BCUT2D eigenvalue weighted by Crippen LogP contribution is 2.41. The first kappa shape index (κ1) is 33.9. The number of amides is 2. The predicted octanol–water partition coefficient (Wildman–Crippen LogP) is 4.61. The normalized spacial score (nSPS) is 20.9. The summed E-state index contributed by atoms with van der Waals surface area (Å²) in [7, 11) is 1.59. The summed E-state index contributed by atoms with van der Waals surface area (Å²) in [6.07, 6.45) is 7.43. The first-order valence-electron chi connectivity index (χ1n) is 16.8. The Balaban J connectivity index is 1.27. The molecule has 0 spiro atoms. The second kappa shape index (κ2) is 15.5. The Morgan fingerprint density at radius 2 is 1.82 bits per heavy atom. The fourth-order valence-corrected chi connectivity index (χ4v) is 6.97. The number of nitrogens with zero attached hydrogens (tertiary/aromatic N) is 5. The van der Waals surface area contributed by atoms with Crippen LogP contribution in [0.3, 0.4) is 0 Å². The summed E-state index contributed by atoms with van der Waals surface area (Å²) in [5, 5.41) is 23.5. The first-order valence-corrected chi connectivity index (χ1v) is 16.8. The highest BCUT2D eigenvalue weighted by Gasteiger charge is 2.43. The van der Waals surface area contributed by atoms with Gasteiger partial charge in [-0.25, -0.2) is 9.78 Å². The Labute approximate surface area is 286 Å². The van der Waals surface area contributed by atoms with E-state index < -0.39 is 17.7 Å². The largest absolute Gasteiger partial charge is 0.619 e. The average molecular weight is 670 g/mol. The van der Waals surface area contributed by atoms with E-state index in [1.807, 2.05) is 65.2 Å². The number of aromatic nitrogens is 3. The number of benzene rings is 2. The van der Waals surface area contributed by atoms with E-state index >= 15 is 0 Å². The maximum Gasteiger partial charge on any atom is 0.410 e. The zero-order chi connectivity index (χ0) is 34.2. The van der Waals surface area contributed by atoms with Gasteiger partial charge in [0.2, 0.25) is 6.20 Å². The molecule has 1 aliphatic carbocycles. The summed E-state index contributed by atoms with van der Waals surface area (Å²) in [4.78, 5) is 35.9. The van der Waals surface area contributed by atoms with Gasteiger partial charge in [0.1, 0.15) is 12.2 Å². The van der Waals surface area contributed by atoms with Gasteiger partial charge in [-0.15, -0.1) is 0 Å². The van der Waals surface area contributed by atoms with Gasteiger partial charge in [0, 0.05) is 44.8 Å². The third-order valence-electron chi connectivity index (χ3n) is 9.41. The van der Waals surface area contributed by atoms with Crippen molar-refractivity contribution in [1.82, 2.24) is 19.4 Å². The third kappa shape index (κ3) is 7.87. The molecule has 2 aromatic carbocycles. The third-order valence-corrected chi connectivity index (χ3v) is 9.41. The fraction of sp³-hybridized carbons (Fsp3) is 0.405. The van der Waals surface area contributed by atoms with E-state index in [2.05, 4.69) is 0 Å². The van der Waals surface area contributed by atoms with Crippen LogP contribution in [-0.2, 0) is 16.1 Å². The number of hydrogen-bond donors (Lipinski definition) is 1. The molecule has 2 fully saturated rings. The number of piperazine rings is 1. The number of pyridine rings is 1. The van der Waals surface area contributed by atoms with Crippen molar-refractivity contribution in [2.24, 2.45) is 0 Å². The lowest BCUT2D eigenvalue weighted by Gasteiger charge is -2.41. The van der Waals surface area contributed by atoms with E-state index in [-0.39, 0.29) is 57.1 Å². The van der Waals surface area contributed by atoms with Gasteiger partial charge >= 0.3 is 6.09 Å². The van der Waals surface area contributed by atoms with E-state index in [0.717, 1.165) is 30.4 Å². The minimum Gasteiger partial charge on any atom is -0.619 e. The molecule has 0 radical (unpaired) electrons. The van der Waals surface area contributed by atoms with Crippen molar-refractivity contribution in [2.75, 3.05) is 40.0 Å². The van der Waals surface area contributed by atoms with Gasteiger partial charge < -0.3 is 38.9 Å². The molecule has 0 unspecified atom stereocenters. The van der Waals surface area contributed by atoms with Crippen LogP contribution in [0.25, 0.3) is 11.3 Å². The van der Waals surface area contributed by atoms with Crippen molar-refractivity contribution in [2.45, 2.75) is 56.4 Å². The van der Waals surface area contributed by atoms with Crippen molar-refractivity contribution in [3.05, 3.63) is 108 Å². The van der Waals surface area contributed by atoms with E-state index in [0.29, 0.717) is 29.0 Å². The monoisotopic (exact) mass is 669 g/mol. The molecule has 12 nitrogen and oxygen atoms in total. The quantitative estimate of drug-likeness (QED) is 0.181. The summed E-state index contributed by atoms with van der Waals surface area (Å²) < 4.78 is 19.6. The molecule has 2 aliphatic rings. The van der Waals surface area contributed by atoms with Crippen LogP contribution in [0.2, 0.25) is 0 Å². The Morgan fingerprint density at radius 1 is 1.04 bits per heavy atom. The number of hydrogen-bond acceptors (Lipinski definition) is 8. The van der Waals surface area contributed by atoms with E-state index in [4.69, 9.17) is 19.2 Å². The van der Waals surface area contributed by atoms with Crippen LogP contribution in [0.1, 0.15) is 54.2 Å². The minimum absolute atomic E-state index is 0.143. The molecule has 2 aromatic heterocycles. The second-order valence-electron chi connectivity index (χ2n) is 12.7. The fourth-order valence-electron chi connectivity index (χ4n) is 6.97. The second-order valence-corrected chi connectivity index (χ2v) is 12.7. The highest BCUT2D eigenvalue weighted by atomic mass is 16.6. The van der Waals surface area contributed by atoms with Crippen molar-refractivity contribution in [3.63, 3.8) is 0 Å². The molecule has 3 heterocycles. The van der Waals surface area contributed by atoms with Crippen LogP contribution in [-0.4, -0.2) is 88.1 Å². The standard InChI is InChI=1S/C37H43N5O7/c1-47-26-37(45)18-9-8-16-32(37)42-27-38-33(34(42)29-13-6-3-7-14-29)35(43)41-21-20-39(36(44)49-25-28-11-4-2-5-12-28)23-30(41)17-22-48-31-15-10-19-40(46)24-31/h2-7,10-15,19,24,27,30,32,45H,8-9,16-18,20-23,25-26H2,1H3/t30-,32-,37-/m1/s1. The lowest BCUT2D eigenvalue weighted by Crippen LogP contribution is -2.57. The van der Waals surface area contributed by atoms with Gasteiger partial charge in [-0.2, -0.15) is 4.73 Å². The van der Waals surface area contributed by atoms with Crippen LogP contribution >= 0.6 is 0 Å². The topological polar surface area (TPSA) is 133 Å². The van der Waals surface area contributed by atoms with Crippen LogP contribution < -0.4 is 9.47 Å². The summed E-state index contributed by atoms with van der Waals surface area (Å²) in [5.74, 6) is 0.134. The number of methoxy groups -OCH3 is 1. The van der Waals surface area contributed by atoms with Gasteiger partial charge in [-0.05, 0) is 24.5 Å². The summed E-state index contributed by atoms with van der Waals surface area (Å²) in [6.45, 7) is 1.29. The number of rotatable bonds is 11. The molecular formula is C37H43N5O7. The molecule has 1 saturated heterocycles. The van der Waals surface area contributed by atoms with Crippen LogP contribution in [0.5, 0.6) is 5.75 Å².